The number of aromatic amines is 1. The molecule has 0 amide bonds. The van der Waals surface area contributed by atoms with E-state index in [1.807, 2.05) is 12.3 Å². The molecule has 36 heavy (non-hydrogen) atoms. The maximum atomic E-state index is 11.8. The fourth-order valence-corrected chi connectivity index (χ4v) is 8.21. The highest BCUT2D eigenvalue weighted by Crippen LogP contribution is 2.43. The number of rotatable bonds is 5. The number of fused-ring (bicyclic) bond motifs is 2. The summed E-state index contributed by atoms with van der Waals surface area (Å²) in [5.74, 6) is 2.07. The summed E-state index contributed by atoms with van der Waals surface area (Å²) in [6, 6.07) is 2.51. The number of H-pyrrole nitrogens is 1. The van der Waals surface area contributed by atoms with E-state index in [9.17, 15) is 8.42 Å². The van der Waals surface area contributed by atoms with Crippen LogP contribution in [0.15, 0.2) is 18.6 Å². The highest BCUT2D eigenvalue weighted by atomic mass is 32.2. The van der Waals surface area contributed by atoms with Crippen LogP contribution in [0.5, 0.6) is 5.75 Å². The van der Waals surface area contributed by atoms with Gasteiger partial charge >= 0.3 is 0 Å². The van der Waals surface area contributed by atoms with Gasteiger partial charge in [-0.05, 0) is 37.7 Å². The lowest BCUT2D eigenvalue weighted by molar-refractivity contribution is 0.160. The minimum absolute atomic E-state index is 0.298. The Kier molecular flexibility index (Phi) is 6.04. The molecule has 1 saturated carbocycles. The number of nitrogens with zero attached hydrogens (tertiary/aromatic N) is 5. The molecule has 4 aromatic heterocycles. The minimum atomic E-state index is -2.83. The Bertz CT molecular complexity index is 1500. The molecule has 0 bridgehead atoms. The number of methoxy groups -OCH3 is 1. The molecule has 1 aliphatic carbocycles. The van der Waals surface area contributed by atoms with Gasteiger partial charge in [-0.25, -0.2) is 22.9 Å². The molecule has 0 spiro atoms. The van der Waals surface area contributed by atoms with Gasteiger partial charge in [0.2, 0.25) is 0 Å². The van der Waals surface area contributed by atoms with Crippen LogP contribution in [0.3, 0.4) is 0 Å². The van der Waals surface area contributed by atoms with Gasteiger partial charge < -0.3 is 9.72 Å². The van der Waals surface area contributed by atoms with E-state index in [0.29, 0.717) is 53.9 Å². The Balaban J connectivity index is 1.25. The third-order valence-corrected chi connectivity index (χ3v) is 10.5. The zero-order valence-electron chi connectivity index (χ0n) is 20.9. The van der Waals surface area contributed by atoms with Crippen LogP contribution in [-0.4, -0.2) is 75.6 Å². The lowest BCUT2D eigenvalue weighted by Crippen LogP contribution is -2.47. The first-order chi connectivity index (χ1) is 17.3. The largest absolute Gasteiger partial charge is 0.493 e. The molecule has 9 nitrogen and oxygen atoms in total. The lowest BCUT2D eigenvalue weighted by atomic mass is 9.85. The van der Waals surface area contributed by atoms with Gasteiger partial charge in [-0.3, -0.25) is 4.90 Å². The van der Waals surface area contributed by atoms with E-state index in [2.05, 4.69) is 33.8 Å². The van der Waals surface area contributed by atoms with Crippen LogP contribution in [0.1, 0.15) is 61.9 Å². The first-order valence-electron chi connectivity index (χ1n) is 12.7. The molecule has 192 valence electrons. The molecule has 2 aliphatic rings. The molecule has 2 fully saturated rings. The fraction of sp³-hybridized carbons (Fsp3) is 0.560. The molecule has 1 saturated heterocycles. The third kappa shape index (κ3) is 4.20. The Morgan fingerprint density at radius 1 is 1.17 bits per heavy atom. The number of ether oxygens (including phenoxy) is 1. The SMILES string of the molecule is COc1cc(-c2[nH]c3sc(C4CCC(N5CCS(=O)(=O)CC5)CC4)nc3c2C(C)C)cn2ncnc12. The maximum Gasteiger partial charge on any atom is 0.197 e. The summed E-state index contributed by atoms with van der Waals surface area (Å²) < 4.78 is 30.9. The van der Waals surface area contributed by atoms with Gasteiger partial charge in [-0.2, -0.15) is 5.10 Å². The summed E-state index contributed by atoms with van der Waals surface area (Å²) in [5, 5.41) is 5.53. The number of thiazole rings is 1. The second-order valence-corrected chi connectivity index (χ2v) is 13.7. The average Bonchev–Trinajstić information content (AvgIpc) is 3.57. The van der Waals surface area contributed by atoms with Crippen LogP contribution in [0.2, 0.25) is 0 Å². The summed E-state index contributed by atoms with van der Waals surface area (Å²) in [7, 11) is -1.18. The second-order valence-electron chi connectivity index (χ2n) is 10.3. The van der Waals surface area contributed by atoms with E-state index in [1.165, 1.54) is 16.9 Å². The molecule has 11 heteroatoms. The first-order valence-corrected chi connectivity index (χ1v) is 15.3. The summed E-state index contributed by atoms with van der Waals surface area (Å²) >= 11 is 1.78. The van der Waals surface area contributed by atoms with E-state index >= 15 is 0 Å². The van der Waals surface area contributed by atoms with Crippen molar-refractivity contribution in [2.45, 2.75) is 57.4 Å². The molecule has 0 radical (unpaired) electrons. The maximum absolute atomic E-state index is 11.8. The van der Waals surface area contributed by atoms with Gasteiger partial charge in [-0.1, -0.05) is 13.8 Å². The summed E-state index contributed by atoms with van der Waals surface area (Å²) in [5.41, 5.74) is 5.05. The van der Waals surface area contributed by atoms with E-state index in [1.54, 1.807) is 23.0 Å². The number of pyridine rings is 1. The van der Waals surface area contributed by atoms with E-state index < -0.39 is 9.84 Å². The molecule has 6 rings (SSSR count). The zero-order chi connectivity index (χ0) is 25.0. The molecule has 0 unspecified atom stereocenters. The molecule has 1 aliphatic heterocycles. The van der Waals surface area contributed by atoms with Crippen molar-refractivity contribution in [2.24, 2.45) is 0 Å². The van der Waals surface area contributed by atoms with Crippen molar-refractivity contribution < 1.29 is 13.2 Å². The molecular formula is C25H32N6O3S2. The highest BCUT2D eigenvalue weighted by Gasteiger charge is 2.32. The quantitative estimate of drug-likeness (QED) is 0.413. The van der Waals surface area contributed by atoms with Crippen LogP contribution < -0.4 is 4.74 Å². The second kappa shape index (κ2) is 9.11. The molecule has 0 aromatic carbocycles. The van der Waals surface area contributed by atoms with Crippen molar-refractivity contribution in [3.05, 3.63) is 29.2 Å². The van der Waals surface area contributed by atoms with Crippen molar-refractivity contribution in [1.29, 1.82) is 0 Å². The smallest absolute Gasteiger partial charge is 0.197 e. The highest BCUT2D eigenvalue weighted by molar-refractivity contribution is 7.91. The standard InChI is InChI=1S/C25H32N6O3S2/c1-15(2)20-21(17-12-19(34-3)23-26-14-27-31(23)13-17)28-25-22(20)29-24(35-25)16-4-6-18(7-5-16)30-8-10-36(32,33)11-9-30/h12-16,18,28H,4-11H2,1-3H3. The van der Waals surface area contributed by atoms with Gasteiger partial charge in [0, 0.05) is 42.4 Å². The third-order valence-electron chi connectivity index (χ3n) is 7.78. The summed E-state index contributed by atoms with van der Waals surface area (Å²) in [6.07, 6.45) is 7.95. The monoisotopic (exact) mass is 528 g/mol. The van der Waals surface area contributed by atoms with Crippen LogP contribution in [-0.2, 0) is 9.84 Å². The molecule has 0 atom stereocenters. The molecular weight excluding hydrogens is 496 g/mol. The summed E-state index contributed by atoms with van der Waals surface area (Å²) in [6.45, 7) is 5.79. The number of sulfone groups is 1. The van der Waals surface area contributed by atoms with E-state index in [0.717, 1.165) is 47.3 Å². The molecule has 1 N–H and O–H groups in total. The fourth-order valence-electron chi connectivity index (χ4n) is 5.83. The van der Waals surface area contributed by atoms with Crippen molar-refractivity contribution >= 4 is 37.2 Å². The number of hydrogen-bond donors (Lipinski definition) is 1. The van der Waals surface area contributed by atoms with Crippen LogP contribution in [0, 0.1) is 0 Å². The zero-order valence-corrected chi connectivity index (χ0v) is 22.5. The average molecular weight is 529 g/mol. The summed E-state index contributed by atoms with van der Waals surface area (Å²) in [4.78, 5) is 16.7. The topological polar surface area (TPSA) is 105 Å². The lowest BCUT2D eigenvalue weighted by Gasteiger charge is -2.38. The Hall–Kier alpha value is -2.50. The number of aromatic nitrogens is 5. The Morgan fingerprint density at radius 2 is 1.92 bits per heavy atom. The van der Waals surface area contributed by atoms with Gasteiger partial charge in [0.15, 0.2) is 21.2 Å². The van der Waals surface area contributed by atoms with Crippen molar-refractivity contribution in [3.63, 3.8) is 0 Å². The molecule has 4 aromatic rings. The molecule has 5 heterocycles. The van der Waals surface area contributed by atoms with Gasteiger partial charge in [0.1, 0.15) is 16.7 Å². The van der Waals surface area contributed by atoms with Crippen LogP contribution in [0.4, 0.5) is 0 Å². The van der Waals surface area contributed by atoms with Crippen molar-refractivity contribution in [2.75, 3.05) is 31.7 Å². The van der Waals surface area contributed by atoms with Crippen molar-refractivity contribution in [3.8, 4) is 17.0 Å². The van der Waals surface area contributed by atoms with Gasteiger partial charge in [0.25, 0.3) is 0 Å². The Morgan fingerprint density at radius 3 is 2.61 bits per heavy atom. The van der Waals surface area contributed by atoms with Gasteiger partial charge in [-0.15, -0.1) is 11.3 Å². The normalized spacial score (nSPS) is 23.1. The number of hydrogen-bond acceptors (Lipinski definition) is 8. The van der Waals surface area contributed by atoms with Crippen LogP contribution >= 0.6 is 11.3 Å². The predicted octanol–water partition coefficient (Wildman–Crippen LogP) is 4.22. The number of nitrogens with one attached hydrogen (secondary N) is 1. The van der Waals surface area contributed by atoms with Crippen LogP contribution in [0.25, 0.3) is 27.3 Å². The first kappa shape index (κ1) is 23.9. The van der Waals surface area contributed by atoms with Crippen molar-refractivity contribution in [1.82, 2.24) is 29.5 Å². The minimum Gasteiger partial charge on any atom is -0.493 e. The van der Waals surface area contributed by atoms with Gasteiger partial charge in [0.05, 0.1) is 29.3 Å². The Labute approximate surface area is 214 Å². The van der Waals surface area contributed by atoms with E-state index in [-0.39, 0.29) is 0 Å². The van der Waals surface area contributed by atoms with E-state index in [4.69, 9.17) is 9.72 Å². The predicted molar refractivity (Wildman–Crippen MR) is 142 cm³/mol.